The largest absolute Gasteiger partial charge is 0.489 e. The number of aromatic amines is 1. The first kappa shape index (κ1) is 42.8. The first-order valence-corrected chi connectivity index (χ1v) is 23.9. The Hall–Kier alpha value is -5.18. The highest BCUT2D eigenvalue weighted by molar-refractivity contribution is 7.98. The summed E-state index contributed by atoms with van der Waals surface area (Å²) in [5.74, 6) is 1.08. The lowest BCUT2D eigenvalue weighted by atomic mass is 9.59. The molecule has 5 aliphatic rings. The highest BCUT2D eigenvalue weighted by Crippen LogP contribution is 2.54. The second kappa shape index (κ2) is 17.3. The molecule has 5 heterocycles. The van der Waals surface area contributed by atoms with E-state index in [0.29, 0.717) is 80.4 Å². The first-order valence-electron chi connectivity index (χ1n) is 23.1. The quantitative estimate of drug-likeness (QED) is 0.0747. The molecule has 2 atom stereocenters. The van der Waals surface area contributed by atoms with Gasteiger partial charge in [0.2, 0.25) is 0 Å². The van der Waals surface area contributed by atoms with E-state index in [1.54, 1.807) is 24.3 Å². The van der Waals surface area contributed by atoms with Crippen LogP contribution in [0.2, 0.25) is 0 Å². The molecule has 2 saturated heterocycles. The molecule has 1 amide bonds. The van der Waals surface area contributed by atoms with Gasteiger partial charge in [-0.05, 0) is 154 Å². The van der Waals surface area contributed by atoms with Crippen LogP contribution in [-0.2, 0) is 0 Å². The molecule has 0 bridgehead atoms. The third-order valence-electron chi connectivity index (χ3n) is 15.0. The Kier molecular flexibility index (Phi) is 11.6. The van der Waals surface area contributed by atoms with Crippen molar-refractivity contribution >= 4 is 46.0 Å². The number of pyridine rings is 1. The summed E-state index contributed by atoms with van der Waals surface area (Å²) in [5.41, 5.74) is 5.09. The van der Waals surface area contributed by atoms with E-state index in [9.17, 15) is 19.2 Å². The van der Waals surface area contributed by atoms with Gasteiger partial charge >= 0.3 is 0 Å². The van der Waals surface area contributed by atoms with Crippen LogP contribution in [0.5, 0.6) is 17.2 Å². The molecule has 5 aromatic rings. The topological polar surface area (TPSA) is 144 Å². The first-order chi connectivity index (χ1) is 30.9. The number of fused-ring (bicyclic) bond motifs is 2. The second-order valence-corrected chi connectivity index (χ2v) is 20.4. The van der Waals surface area contributed by atoms with Crippen molar-refractivity contribution in [2.75, 3.05) is 36.5 Å². The minimum atomic E-state index is -0.643. The van der Waals surface area contributed by atoms with Crippen LogP contribution in [0, 0.1) is 22.1 Å². The average Bonchev–Trinajstić information content (AvgIpc) is 3.93. The molecule has 64 heavy (non-hydrogen) atoms. The van der Waals surface area contributed by atoms with E-state index in [1.807, 2.05) is 19.1 Å². The zero-order valence-corrected chi connectivity index (χ0v) is 37.7. The molecule has 336 valence electrons. The standard InChI is InChI=1S/C50H58FN7O5S/c1-30(2)36-7-4-5-8-37(36)43-9-6-18-58(43)33-25-50(26-33)16-19-57(20-17-50)32-10-11-38(44(21-32)63-34-22-39-40(51)28-53-47(39)52-27-34)48(59)56-64-35-23-41(55-61)46-45(24-35)62-29-42(54-46)31-12-14-49(3,60)15-13-31/h4-5,7-8,10-11,21-24,27-28,30-31,33,42-43,54,60H,6,9,12-20,25-26,29H2,1-3H3,(H,52,53)(H,56,59)/t31-,42?,43-,49-/m1/s1. The lowest BCUT2D eigenvalue weighted by Gasteiger charge is -2.56. The van der Waals surface area contributed by atoms with Crippen molar-refractivity contribution in [3.05, 3.63) is 100 Å². The number of aliphatic hydroxyl groups is 1. The molecular formula is C50H58FN7O5S. The number of anilines is 2. The molecule has 3 aromatic carbocycles. The highest BCUT2D eigenvalue weighted by Gasteiger charge is 2.50. The Balaban J connectivity index is 0.825. The fourth-order valence-electron chi connectivity index (χ4n) is 11.3. The number of nitrogens with one attached hydrogen (secondary N) is 3. The minimum Gasteiger partial charge on any atom is -0.489 e. The molecule has 1 spiro atoms. The van der Waals surface area contributed by atoms with E-state index in [-0.39, 0.29) is 11.7 Å². The van der Waals surface area contributed by atoms with E-state index < -0.39 is 17.3 Å². The molecule has 3 aliphatic heterocycles. The van der Waals surface area contributed by atoms with Crippen LogP contribution in [0.1, 0.15) is 118 Å². The van der Waals surface area contributed by atoms with E-state index in [1.165, 1.54) is 55.7 Å². The van der Waals surface area contributed by atoms with Gasteiger partial charge in [-0.15, -0.1) is 4.91 Å². The number of ether oxygens (including phenoxy) is 2. The summed E-state index contributed by atoms with van der Waals surface area (Å²) in [6.45, 7) is 9.89. The molecule has 0 radical (unpaired) electrons. The van der Waals surface area contributed by atoms with Crippen LogP contribution >= 0.6 is 11.9 Å². The minimum absolute atomic E-state index is 0.00332. The summed E-state index contributed by atoms with van der Waals surface area (Å²) in [6, 6.07) is 20.8. The molecular weight excluding hydrogens is 830 g/mol. The fourth-order valence-corrected chi connectivity index (χ4v) is 11.9. The van der Waals surface area contributed by atoms with Gasteiger partial charge in [0, 0.05) is 48.0 Å². The SMILES string of the molecule is CC(C)c1ccccc1[C@H]1CCCN1C1CC2(CCN(c3ccc(C(=O)NSc4cc(N=O)c5c(c4)OCC([C@H]4CC[C@](C)(O)CC4)N5)c(Oc4cnc5[nH]cc(F)c5c4)c3)CC2)C1. The van der Waals surface area contributed by atoms with Gasteiger partial charge < -0.3 is 29.8 Å². The fraction of sp³-hybridized carbons (Fsp3) is 0.480. The number of benzene rings is 3. The summed E-state index contributed by atoms with van der Waals surface area (Å²) in [5, 5.41) is 17.5. The number of aromatic nitrogens is 2. The highest BCUT2D eigenvalue weighted by atomic mass is 32.2. The van der Waals surface area contributed by atoms with Gasteiger partial charge in [0.1, 0.15) is 46.7 Å². The summed E-state index contributed by atoms with van der Waals surface area (Å²) >= 11 is 1.06. The molecule has 4 fully saturated rings. The van der Waals surface area contributed by atoms with Crippen molar-refractivity contribution in [2.45, 2.75) is 120 Å². The molecule has 1 unspecified atom stereocenters. The molecule has 10 rings (SSSR count). The van der Waals surface area contributed by atoms with Gasteiger partial charge in [-0.25, -0.2) is 9.37 Å². The number of carbonyl (C=O) groups is 1. The van der Waals surface area contributed by atoms with E-state index >= 15 is 0 Å². The molecule has 12 nitrogen and oxygen atoms in total. The predicted octanol–water partition coefficient (Wildman–Crippen LogP) is 11.2. The number of hydrogen-bond acceptors (Lipinski definition) is 11. The Morgan fingerprint density at radius 1 is 1.05 bits per heavy atom. The van der Waals surface area contributed by atoms with Crippen molar-refractivity contribution in [3.8, 4) is 17.2 Å². The molecule has 2 saturated carbocycles. The third kappa shape index (κ3) is 8.44. The maximum Gasteiger partial charge on any atom is 0.265 e. The van der Waals surface area contributed by atoms with Gasteiger partial charge in [0.05, 0.1) is 28.8 Å². The molecule has 2 aromatic heterocycles. The normalized spacial score (nSPS) is 24.5. The number of carbonyl (C=O) groups excluding carboxylic acids is 1. The van der Waals surface area contributed by atoms with Crippen LogP contribution in [0.25, 0.3) is 11.0 Å². The molecule has 14 heteroatoms. The average molecular weight is 888 g/mol. The number of piperidine rings is 1. The maximum atomic E-state index is 14.6. The number of rotatable bonds is 11. The zero-order chi connectivity index (χ0) is 44.2. The van der Waals surface area contributed by atoms with Crippen molar-refractivity contribution in [2.24, 2.45) is 16.5 Å². The summed E-state index contributed by atoms with van der Waals surface area (Å²) in [6.07, 6.45) is 13.1. The smallest absolute Gasteiger partial charge is 0.265 e. The monoisotopic (exact) mass is 887 g/mol. The molecule has 4 N–H and O–H groups in total. The van der Waals surface area contributed by atoms with E-state index in [4.69, 9.17) is 9.47 Å². The van der Waals surface area contributed by atoms with Gasteiger partial charge in [-0.2, -0.15) is 0 Å². The number of likely N-dealkylation sites (tertiary alicyclic amines) is 1. The Labute approximate surface area is 378 Å². The zero-order valence-electron chi connectivity index (χ0n) is 36.9. The van der Waals surface area contributed by atoms with Gasteiger partial charge in [-0.3, -0.25) is 14.4 Å². The van der Waals surface area contributed by atoms with Crippen molar-refractivity contribution in [1.82, 2.24) is 19.6 Å². The van der Waals surface area contributed by atoms with E-state index in [0.717, 1.165) is 69.2 Å². The van der Waals surface area contributed by atoms with Gasteiger partial charge in [0.25, 0.3) is 5.91 Å². The van der Waals surface area contributed by atoms with Crippen LogP contribution in [0.15, 0.2) is 83.1 Å². The Morgan fingerprint density at radius 3 is 2.62 bits per heavy atom. The Bertz CT molecular complexity index is 2540. The number of halogens is 1. The van der Waals surface area contributed by atoms with Crippen LogP contribution in [0.3, 0.4) is 0 Å². The summed E-state index contributed by atoms with van der Waals surface area (Å²) in [4.78, 5) is 39.1. The van der Waals surface area contributed by atoms with Gasteiger partial charge in [-0.1, -0.05) is 38.1 Å². The lowest BCUT2D eigenvalue weighted by molar-refractivity contribution is -0.0227. The third-order valence-corrected chi connectivity index (χ3v) is 15.8. The number of hydrogen-bond donors (Lipinski definition) is 4. The van der Waals surface area contributed by atoms with Crippen LogP contribution in [-0.4, -0.2) is 69.8 Å². The number of amides is 1. The van der Waals surface area contributed by atoms with Crippen LogP contribution < -0.4 is 24.4 Å². The Morgan fingerprint density at radius 2 is 1.84 bits per heavy atom. The number of nitrogens with zero attached hydrogens (tertiary/aromatic N) is 4. The number of nitroso groups, excluding NO2 is 1. The van der Waals surface area contributed by atoms with Crippen LogP contribution in [0.4, 0.5) is 21.5 Å². The maximum absolute atomic E-state index is 14.6. The van der Waals surface area contributed by atoms with Crippen molar-refractivity contribution in [3.63, 3.8) is 0 Å². The predicted molar refractivity (Wildman–Crippen MR) is 249 cm³/mol. The van der Waals surface area contributed by atoms with E-state index in [2.05, 4.69) is 73.1 Å². The number of H-pyrrole nitrogens is 1. The lowest BCUT2D eigenvalue weighted by Crippen LogP contribution is -2.54. The van der Waals surface area contributed by atoms with Gasteiger partial charge in [0.15, 0.2) is 0 Å². The summed E-state index contributed by atoms with van der Waals surface area (Å²) < 4.78 is 30.1. The molecule has 2 aliphatic carbocycles. The summed E-state index contributed by atoms with van der Waals surface area (Å²) in [7, 11) is 0. The second-order valence-electron chi connectivity index (χ2n) is 19.6. The van der Waals surface area contributed by atoms with Crippen molar-refractivity contribution in [1.29, 1.82) is 0 Å². The van der Waals surface area contributed by atoms with Crippen molar-refractivity contribution < 1.29 is 23.8 Å².